The topological polar surface area (TPSA) is 32.3 Å². The molecule has 0 heterocycles. The summed E-state index contributed by atoms with van der Waals surface area (Å²) in [6.45, 7) is 4.26. The highest BCUT2D eigenvalue weighted by Gasteiger charge is 2.09. The summed E-state index contributed by atoms with van der Waals surface area (Å²) >= 11 is 0. The first-order valence-electron chi connectivity index (χ1n) is 5.95. The van der Waals surface area contributed by atoms with Crippen molar-refractivity contribution in [2.75, 3.05) is 5.32 Å². The molecular weight excluding hydrogens is 248 g/mol. The normalized spacial score (nSPS) is 10.5. The number of phenols is 1. The molecule has 2 aromatic carbocycles. The first-order valence-corrected chi connectivity index (χ1v) is 5.95. The Hall–Kier alpha value is -2.10. The SMILES string of the molecule is Cc1cc(C)cc(NCc2cc(F)c(O)c(F)c2)c1. The van der Waals surface area contributed by atoms with Gasteiger partial charge in [0, 0.05) is 12.2 Å². The van der Waals surface area contributed by atoms with Gasteiger partial charge in [-0.2, -0.15) is 0 Å². The van der Waals surface area contributed by atoms with Crippen LogP contribution in [0.2, 0.25) is 0 Å². The lowest BCUT2D eigenvalue weighted by Gasteiger charge is -2.09. The second kappa shape index (κ2) is 5.26. The Balaban J connectivity index is 2.14. The van der Waals surface area contributed by atoms with Crippen molar-refractivity contribution in [2.45, 2.75) is 20.4 Å². The van der Waals surface area contributed by atoms with E-state index in [0.717, 1.165) is 28.9 Å². The molecule has 2 aromatic rings. The summed E-state index contributed by atoms with van der Waals surface area (Å²) in [5, 5.41) is 12.1. The first kappa shape index (κ1) is 13.3. The number of halogens is 2. The highest BCUT2D eigenvalue weighted by molar-refractivity contribution is 5.49. The summed E-state index contributed by atoms with van der Waals surface area (Å²) in [5.41, 5.74) is 3.56. The average Bonchev–Trinajstić information content (AvgIpc) is 2.32. The summed E-state index contributed by atoms with van der Waals surface area (Å²) in [4.78, 5) is 0. The summed E-state index contributed by atoms with van der Waals surface area (Å²) < 4.78 is 26.4. The van der Waals surface area contributed by atoms with E-state index in [2.05, 4.69) is 5.32 Å². The largest absolute Gasteiger partial charge is 0.503 e. The lowest BCUT2D eigenvalue weighted by atomic mass is 10.1. The van der Waals surface area contributed by atoms with E-state index in [1.807, 2.05) is 32.0 Å². The van der Waals surface area contributed by atoms with E-state index in [4.69, 9.17) is 5.11 Å². The molecule has 100 valence electrons. The van der Waals surface area contributed by atoms with Crippen molar-refractivity contribution in [1.29, 1.82) is 0 Å². The van der Waals surface area contributed by atoms with Gasteiger partial charge in [-0.25, -0.2) is 8.78 Å². The molecule has 0 saturated heterocycles. The number of hydrogen-bond acceptors (Lipinski definition) is 2. The van der Waals surface area contributed by atoms with E-state index in [0.29, 0.717) is 5.56 Å². The van der Waals surface area contributed by atoms with Crippen LogP contribution >= 0.6 is 0 Å². The van der Waals surface area contributed by atoms with Gasteiger partial charge >= 0.3 is 0 Å². The molecule has 0 aromatic heterocycles. The summed E-state index contributed by atoms with van der Waals surface area (Å²) in [7, 11) is 0. The second-order valence-electron chi connectivity index (χ2n) is 4.64. The molecule has 4 heteroatoms. The Kier molecular flexibility index (Phi) is 3.69. The molecule has 0 saturated carbocycles. The van der Waals surface area contributed by atoms with Crippen molar-refractivity contribution in [2.24, 2.45) is 0 Å². The Morgan fingerprint density at radius 1 is 0.947 bits per heavy atom. The molecule has 2 nitrogen and oxygen atoms in total. The average molecular weight is 263 g/mol. The van der Waals surface area contributed by atoms with Crippen molar-refractivity contribution >= 4 is 5.69 Å². The van der Waals surface area contributed by atoms with Gasteiger partial charge in [0.25, 0.3) is 0 Å². The van der Waals surface area contributed by atoms with Crippen LogP contribution in [0.3, 0.4) is 0 Å². The molecule has 0 fully saturated rings. The Labute approximate surface area is 110 Å². The van der Waals surface area contributed by atoms with E-state index in [-0.39, 0.29) is 6.54 Å². The van der Waals surface area contributed by atoms with Gasteiger partial charge in [0.1, 0.15) is 0 Å². The predicted molar refractivity (Wildman–Crippen MR) is 71.3 cm³/mol. The zero-order chi connectivity index (χ0) is 14.0. The zero-order valence-corrected chi connectivity index (χ0v) is 10.8. The molecule has 0 radical (unpaired) electrons. The molecule has 0 atom stereocenters. The molecule has 0 aliphatic rings. The zero-order valence-electron chi connectivity index (χ0n) is 10.8. The van der Waals surface area contributed by atoms with Crippen molar-refractivity contribution in [1.82, 2.24) is 0 Å². The van der Waals surface area contributed by atoms with Gasteiger partial charge < -0.3 is 10.4 Å². The van der Waals surface area contributed by atoms with Crippen LogP contribution in [0.4, 0.5) is 14.5 Å². The molecular formula is C15H15F2NO. The third-order valence-electron chi connectivity index (χ3n) is 2.80. The van der Waals surface area contributed by atoms with Crippen LogP contribution < -0.4 is 5.32 Å². The molecule has 0 spiro atoms. The predicted octanol–water partition coefficient (Wildman–Crippen LogP) is 3.90. The van der Waals surface area contributed by atoms with Crippen molar-refractivity contribution in [3.05, 3.63) is 58.7 Å². The second-order valence-corrected chi connectivity index (χ2v) is 4.64. The minimum Gasteiger partial charge on any atom is -0.503 e. The van der Waals surface area contributed by atoms with E-state index >= 15 is 0 Å². The fourth-order valence-electron chi connectivity index (χ4n) is 2.00. The van der Waals surface area contributed by atoms with Crippen LogP contribution in [-0.2, 0) is 6.54 Å². The quantitative estimate of drug-likeness (QED) is 0.880. The maximum atomic E-state index is 13.2. The van der Waals surface area contributed by atoms with Crippen LogP contribution in [0.25, 0.3) is 0 Å². The Morgan fingerprint density at radius 2 is 1.47 bits per heavy atom. The molecule has 0 aliphatic heterocycles. The van der Waals surface area contributed by atoms with Crippen LogP contribution in [0.1, 0.15) is 16.7 Å². The van der Waals surface area contributed by atoms with Crippen LogP contribution in [0.15, 0.2) is 30.3 Å². The van der Waals surface area contributed by atoms with Gasteiger partial charge in [0.2, 0.25) is 0 Å². The minimum atomic E-state index is -0.947. The fraction of sp³-hybridized carbons (Fsp3) is 0.200. The molecule has 0 amide bonds. The number of nitrogens with one attached hydrogen (secondary N) is 1. The number of phenolic OH excluding ortho intramolecular Hbond substituents is 1. The highest BCUT2D eigenvalue weighted by atomic mass is 19.1. The number of anilines is 1. The number of hydrogen-bond donors (Lipinski definition) is 2. The molecule has 0 aliphatic carbocycles. The van der Waals surface area contributed by atoms with Crippen LogP contribution in [0.5, 0.6) is 5.75 Å². The summed E-state index contributed by atoms with van der Waals surface area (Å²) in [6.07, 6.45) is 0. The van der Waals surface area contributed by atoms with Crippen LogP contribution in [0, 0.1) is 25.5 Å². The third-order valence-corrected chi connectivity index (χ3v) is 2.80. The van der Waals surface area contributed by atoms with Gasteiger partial charge in [0.05, 0.1) is 0 Å². The van der Waals surface area contributed by atoms with E-state index in [9.17, 15) is 8.78 Å². The van der Waals surface area contributed by atoms with E-state index in [1.165, 1.54) is 0 Å². The molecule has 2 N–H and O–H groups in total. The summed E-state index contributed by atoms with van der Waals surface area (Å²) in [6, 6.07) is 8.20. The van der Waals surface area contributed by atoms with Crippen LogP contribution in [-0.4, -0.2) is 5.11 Å². The van der Waals surface area contributed by atoms with Gasteiger partial charge in [-0.1, -0.05) is 6.07 Å². The van der Waals surface area contributed by atoms with Gasteiger partial charge in [-0.3, -0.25) is 0 Å². The summed E-state index contributed by atoms with van der Waals surface area (Å²) in [5.74, 6) is -2.83. The number of benzene rings is 2. The fourth-order valence-corrected chi connectivity index (χ4v) is 2.00. The lowest BCUT2D eigenvalue weighted by molar-refractivity contribution is 0.395. The first-order chi connectivity index (χ1) is 8.95. The maximum Gasteiger partial charge on any atom is 0.187 e. The lowest BCUT2D eigenvalue weighted by Crippen LogP contribution is -2.01. The van der Waals surface area contributed by atoms with E-state index in [1.54, 1.807) is 0 Å². The van der Waals surface area contributed by atoms with Gasteiger partial charge in [-0.15, -0.1) is 0 Å². The standard InChI is InChI=1S/C15H15F2NO/c1-9-3-10(2)5-12(4-9)18-8-11-6-13(16)15(19)14(17)7-11/h3-7,18-19H,8H2,1-2H3. The monoisotopic (exact) mass is 263 g/mol. The molecule has 2 rings (SSSR count). The molecule has 0 unspecified atom stereocenters. The maximum absolute atomic E-state index is 13.2. The smallest absolute Gasteiger partial charge is 0.187 e. The Bertz CT molecular complexity index is 568. The highest BCUT2D eigenvalue weighted by Crippen LogP contribution is 2.22. The number of aromatic hydroxyl groups is 1. The van der Waals surface area contributed by atoms with Crippen molar-refractivity contribution in [3.63, 3.8) is 0 Å². The molecule has 0 bridgehead atoms. The number of aryl methyl sites for hydroxylation is 2. The molecule has 19 heavy (non-hydrogen) atoms. The van der Waals surface area contributed by atoms with Crippen molar-refractivity contribution < 1.29 is 13.9 Å². The third kappa shape index (κ3) is 3.22. The van der Waals surface area contributed by atoms with E-state index < -0.39 is 17.4 Å². The minimum absolute atomic E-state index is 0.289. The van der Waals surface area contributed by atoms with Gasteiger partial charge in [0.15, 0.2) is 17.4 Å². The van der Waals surface area contributed by atoms with Crippen molar-refractivity contribution in [3.8, 4) is 5.75 Å². The number of rotatable bonds is 3. The van der Waals surface area contributed by atoms with Gasteiger partial charge in [-0.05, 0) is 54.8 Å². The Morgan fingerprint density at radius 3 is 2.00 bits per heavy atom.